The van der Waals surface area contributed by atoms with Crippen LogP contribution in [0.5, 0.6) is 5.75 Å². The van der Waals surface area contributed by atoms with Crippen LogP contribution in [-0.2, 0) is 6.42 Å². The fourth-order valence-electron chi connectivity index (χ4n) is 2.27. The lowest BCUT2D eigenvalue weighted by Gasteiger charge is -2.26. The second kappa shape index (κ2) is 6.10. The average molecular weight is 282 g/mol. The van der Waals surface area contributed by atoms with Crippen molar-refractivity contribution in [2.45, 2.75) is 19.5 Å². The van der Waals surface area contributed by atoms with Crippen LogP contribution in [0.25, 0.3) is 0 Å². The van der Waals surface area contributed by atoms with E-state index in [9.17, 15) is 0 Å². The van der Waals surface area contributed by atoms with Crippen LogP contribution in [0.15, 0.2) is 66.4 Å². The smallest absolute Gasteiger partial charge is 0.118 e. The molecule has 1 nitrogen and oxygen atoms in total. The van der Waals surface area contributed by atoms with Gasteiger partial charge in [-0.1, -0.05) is 65.9 Å². The Morgan fingerprint density at radius 1 is 1.00 bits per heavy atom. The van der Waals surface area contributed by atoms with Crippen molar-refractivity contribution in [3.8, 4) is 5.75 Å². The zero-order chi connectivity index (χ0) is 14.6. The van der Waals surface area contributed by atoms with Gasteiger partial charge in [0.2, 0.25) is 0 Å². The summed E-state index contributed by atoms with van der Waals surface area (Å²) in [6, 6.07) is 19.0. The monoisotopic (exact) mass is 282 g/mol. The summed E-state index contributed by atoms with van der Waals surface area (Å²) in [6.45, 7) is 9.11. The summed E-state index contributed by atoms with van der Waals surface area (Å²) in [7, 11) is 0.0806. The summed E-state index contributed by atoms with van der Waals surface area (Å²) in [5, 5.41) is 2.80. The molecule has 104 valence electrons. The molecule has 0 radical (unpaired) electrons. The van der Waals surface area contributed by atoms with Gasteiger partial charge in [-0.2, -0.15) is 0 Å². The van der Waals surface area contributed by atoms with E-state index in [1.165, 1.54) is 15.9 Å². The normalized spacial score (nSPS) is 11.2. The Labute approximate surface area is 122 Å². The third-order valence-corrected chi connectivity index (χ3v) is 7.68. The Kier molecular flexibility index (Phi) is 4.45. The highest BCUT2D eigenvalue weighted by Crippen LogP contribution is 2.20. The highest BCUT2D eigenvalue weighted by Gasteiger charge is 2.26. The van der Waals surface area contributed by atoms with Crippen LogP contribution in [0.3, 0.4) is 0 Å². The Hall–Kier alpha value is -1.80. The van der Waals surface area contributed by atoms with E-state index < -0.39 is 8.07 Å². The highest BCUT2D eigenvalue weighted by atomic mass is 28.3. The van der Waals surface area contributed by atoms with Gasteiger partial charge < -0.3 is 4.74 Å². The van der Waals surface area contributed by atoms with Crippen molar-refractivity contribution >= 4 is 13.3 Å². The zero-order valence-electron chi connectivity index (χ0n) is 12.5. The van der Waals surface area contributed by atoms with Gasteiger partial charge in [0.25, 0.3) is 0 Å². The van der Waals surface area contributed by atoms with Crippen molar-refractivity contribution in [2.75, 3.05) is 7.11 Å². The van der Waals surface area contributed by atoms with Gasteiger partial charge >= 0.3 is 0 Å². The summed E-state index contributed by atoms with van der Waals surface area (Å²) >= 11 is 0. The van der Waals surface area contributed by atoms with E-state index in [0.29, 0.717) is 0 Å². The molecule has 0 N–H and O–H groups in total. The summed E-state index contributed by atoms with van der Waals surface area (Å²) in [4.78, 5) is 0. The van der Waals surface area contributed by atoms with Crippen molar-refractivity contribution < 1.29 is 4.74 Å². The number of methoxy groups -OCH3 is 1. The van der Waals surface area contributed by atoms with Gasteiger partial charge in [-0.15, -0.1) is 6.58 Å². The second-order valence-electron chi connectivity index (χ2n) is 5.62. The fourth-order valence-corrected chi connectivity index (χ4v) is 4.35. The molecule has 0 amide bonds. The SMILES string of the molecule is C=C(Cc1ccc(OC)cc1)[Si](C)(C)c1ccccc1. The van der Waals surface area contributed by atoms with Crippen molar-refractivity contribution in [3.63, 3.8) is 0 Å². The zero-order valence-corrected chi connectivity index (χ0v) is 13.5. The minimum atomic E-state index is -1.61. The lowest BCUT2D eigenvalue weighted by atomic mass is 10.1. The molecule has 20 heavy (non-hydrogen) atoms. The summed E-state index contributed by atoms with van der Waals surface area (Å²) in [5.74, 6) is 0.902. The van der Waals surface area contributed by atoms with Gasteiger partial charge in [0.1, 0.15) is 13.8 Å². The molecule has 0 aliphatic heterocycles. The van der Waals surface area contributed by atoms with E-state index in [0.717, 1.165) is 12.2 Å². The van der Waals surface area contributed by atoms with Crippen molar-refractivity contribution in [1.29, 1.82) is 0 Å². The Morgan fingerprint density at radius 3 is 2.15 bits per heavy atom. The number of hydrogen-bond donors (Lipinski definition) is 0. The molecule has 2 aromatic rings. The predicted molar refractivity (Wildman–Crippen MR) is 89.4 cm³/mol. The number of allylic oxidation sites excluding steroid dienone is 1. The van der Waals surface area contributed by atoms with Crippen LogP contribution < -0.4 is 9.92 Å². The summed E-state index contributed by atoms with van der Waals surface area (Å²) in [6.07, 6.45) is 0.943. The third-order valence-electron chi connectivity index (χ3n) is 3.96. The van der Waals surface area contributed by atoms with E-state index in [4.69, 9.17) is 4.74 Å². The lowest BCUT2D eigenvalue weighted by Crippen LogP contribution is -2.44. The van der Waals surface area contributed by atoms with Crippen molar-refractivity contribution in [3.05, 3.63) is 71.9 Å². The first-order valence-corrected chi connectivity index (χ1v) is 9.91. The molecule has 2 aromatic carbocycles. The van der Waals surface area contributed by atoms with Crippen molar-refractivity contribution in [2.24, 2.45) is 0 Å². The Balaban J connectivity index is 2.14. The first-order chi connectivity index (χ1) is 9.54. The van der Waals surface area contributed by atoms with Crippen molar-refractivity contribution in [1.82, 2.24) is 0 Å². The van der Waals surface area contributed by atoms with Crippen LogP contribution in [0.4, 0.5) is 0 Å². The average Bonchev–Trinajstić information content (AvgIpc) is 2.49. The molecule has 0 spiro atoms. The number of ether oxygens (including phenoxy) is 1. The molecule has 0 saturated heterocycles. The summed E-state index contributed by atoms with van der Waals surface area (Å²) < 4.78 is 5.20. The molecule has 0 aromatic heterocycles. The molecule has 0 heterocycles. The third kappa shape index (κ3) is 3.20. The van der Waals surface area contributed by atoms with E-state index in [-0.39, 0.29) is 0 Å². The predicted octanol–water partition coefficient (Wildman–Crippen LogP) is 3.95. The molecular formula is C18H22OSi. The van der Waals surface area contributed by atoms with Gasteiger partial charge in [-0.25, -0.2) is 0 Å². The number of benzene rings is 2. The minimum absolute atomic E-state index is 0.902. The van der Waals surface area contributed by atoms with Crippen LogP contribution in [0, 0.1) is 0 Å². The topological polar surface area (TPSA) is 9.23 Å². The van der Waals surface area contributed by atoms with E-state index in [1.54, 1.807) is 7.11 Å². The molecule has 0 atom stereocenters. The van der Waals surface area contributed by atoms with Crippen LogP contribution in [0.1, 0.15) is 5.56 Å². The van der Waals surface area contributed by atoms with Gasteiger partial charge in [0.15, 0.2) is 0 Å². The summed E-state index contributed by atoms with van der Waals surface area (Å²) in [5.41, 5.74) is 1.30. The number of rotatable bonds is 5. The molecule has 2 rings (SSSR count). The van der Waals surface area contributed by atoms with Gasteiger partial charge in [-0.3, -0.25) is 0 Å². The highest BCUT2D eigenvalue weighted by molar-refractivity contribution is 6.95. The molecular weight excluding hydrogens is 260 g/mol. The fraction of sp³-hybridized carbons (Fsp3) is 0.222. The first kappa shape index (κ1) is 14.6. The lowest BCUT2D eigenvalue weighted by molar-refractivity contribution is 0.414. The largest absolute Gasteiger partial charge is 0.497 e. The van der Waals surface area contributed by atoms with E-state index in [1.807, 2.05) is 12.1 Å². The molecule has 0 unspecified atom stereocenters. The van der Waals surface area contributed by atoms with E-state index >= 15 is 0 Å². The molecule has 0 saturated carbocycles. The number of hydrogen-bond acceptors (Lipinski definition) is 1. The Bertz CT molecular complexity index is 570. The van der Waals surface area contributed by atoms with Gasteiger partial charge in [0, 0.05) is 0 Å². The molecule has 0 aliphatic carbocycles. The van der Waals surface area contributed by atoms with Crippen LogP contribution in [0.2, 0.25) is 13.1 Å². The maximum atomic E-state index is 5.20. The maximum Gasteiger partial charge on any atom is 0.118 e. The standard InChI is InChI=1S/C18H22OSi/c1-15(14-16-10-12-17(19-2)13-11-16)20(3,4)18-8-6-5-7-9-18/h5-13H,1,14H2,2-4H3. The van der Waals surface area contributed by atoms with Crippen LogP contribution >= 0.6 is 0 Å². The van der Waals surface area contributed by atoms with Gasteiger partial charge in [0.05, 0.1) is 7.11 Å². The molecule has 0 bridgehead atoms. The maximum absolute atomic E-state index is 5.20. The second-order valence-corrected chi connectivity index (χ2v) is 10.2. The minimum Gasteiger partial charge on any atom is -0.497 e. The molecule has 0 fully saturated rings. The molecule has 0 aliphatic rings. The van der Waals surface area contributed by atoms with E-state index in [2.05, 4.69) is 62.1 Å². The molecule has 2 heteroatoms. The van der Waals surface area contributed by atoms with Crippen LogP contribution in [-0.4, -0.2) is 15.2 Å². The quantitative estimate of drug-likeness (QED) is 0.755. The Morgan fingerprint density at radius 2 is 1.60 bits per heavy atom. The first-order valence-electron chi connectivity index (χ1n) is 6.91. The van der Waals surface area contributed by atoms with Gasteiger partial charge in [-0.05, 0) is 24.1 Å².